The van der Waals surface area contributed by atoms with Crippen molar-refractivity contribution in [3.05, 3.63) is 64.7 Å². The molecule has 0 bridgehead atoms. The van der Waals surface area contributed by atoms with Crippen molar-refractivity contribution in [2.75, 3.05) is 6.61 Å². The van der Waals surface area contributed by atoms with Crippen molar-refractivity contribution in [2.45, 2.75) is 59.2 Å². The van der Waals surface area contributed by atoms with Crippen molar-refractivity contribution < 1.29 is 14.3 Å². The van der Waals surface area contributed by atoms with Crippen LogP contribution in [0.1, 0.15) is 44.7 Å². The van der Waals surface area contributed by atoms with E-state index in [0.717, 1.165) is 11.1 Å². The zero-order valence-electron chi connectivity index (χ0n) is 18.2. The molecule has 0 heterocycles. The fraction of sp³-hybridized carbons (Fsp3) is 0.417. The van der Waals surface area contributed by atoms with Gasteiger partial charge >= 0.3 is 0 Å². The maximum absolute atomic E-state index is 13.0. The number of benzene rings is 2. The molecule has 0 aliphatic carbocycles. The van der Waals surface area contributed by atoms with Crippen molar-refractivity contribution in [1.82, 2.24) is 10.2 Å². The molecule has 6 heteroatoms. The molecule has 0 aliphatic heterocycles. The predicted molar refractivity (Wildman–Crippen MR) is 121 cm³/mol. The first-order valence-electron chi connectivity index (χ1n) is 10.3. The molecular weight excluding hydrogens is 400 g/mol. The lowest BCUT2D eigenvalue weighted by atomic mass is 10.1. The predicted octanol–water partition coefficient (Wildman–Crippen LogP) is 4.75. The zero-order chi connectivity index (χ0) is 22.1. The van der Waals surface area contributed by atoms with E-state index >= 15 is 0 Å². The molecule has 5 nitrogen and oxygen atoms in total. The van der Waals surface area contributed by atoms with Crippen molar-refractivity contribution in [1.29, 1.82) is 0 Å². The Morgan fingerprint density at radius 3 is 2.37 bits per heavy atom. The number of ether oxygens (including phenoxy) is 1. The van der Waals surface area contributed by atoms with Gasteiger partial charge in [0, 0.05) is 24.0 Å². The summed E-state index contributed by atoms with van der Waals surface area (Å²) in [6.45, 7) is 8.42. The third kappa shape index (κ3) is 7.38. The maximum Gasteiger partial charge on any atom is 0.242 e. The molecule has 0 unspecified atom stereocenters. The van der Waals surface area contributed by atoms with Crippen LogP contribution >= 0.6 is 11.6 Å². The first-order valence-corrected chi connectivity index (χ1v) is 10.7. The number of nitrogens with one attached hydrogen (secondary N) is 1. The lowest BCUT2D eigenvalue weighted by Gasteiger charge is -2.30. The van der Waals surface area contributed by atoms with Gasteiger partial charge in [-0.1, -0.05) is 35.9 Å². The fourth-order valence-electron chi connectivity index (χ4n) is 3.05. The Labute approximate surface area is 184 Å². The minimum atomic E-state index is -0.559. The molecule has 0 fully saturated rings. The van der Waals surface area contributed by atoms with Gasteiger partial charge in [-0.15, -0.1) is 0 Å². The molecule has 30 heavy (non-hydrogen) atoms. The minimum Gasteiger partial charge on any atom is -0.494 e. The highest BCUT2D eigenvalue weighted by atomic mass is 35.5. The smallest absolute Gasteiger partial charge is 0.242 e. The molecular formula is C24H31ClN2O3. The average molecular weight is 431 g/mol. The fourth-order valence-corrected chi connectivity index (χ4v) is 3.17. The highest BCUT2D eigenvalue weighted by Crippen LogP contribution is 2.17. The first-order chi connectivity index (χ1) is 14.3. The van der Waals surface area contributed by atoms with Crippen LogP contribution in [0.5, 0.6) is 5.75 Å². The van der Waals surface area contributed by atoms with Gasteiger partial charge in [-0.3, -0.25) is 9.59 Å². The van der Waals surface area contributed by atoms with Crippen molar-refractivity contribution in [3.8, 4) is 5.75 Å². The summed E-state index contributed by atoms with van der Waals surface area (Å²) >= 11 is 5.88. The molecule has 0 radical (unpaired) electrons. The van der Waals surface area contributed by atoms with Gasteiger partial charge in [0.05, 0.1) is 6.61 Å². The lowest BCUT2D eigenvalue weighted by molar-refractivity contribution is -0.141. The van der Waals surface area contributed by atoms with E-state index in [0.29, 0.717) is 36.8 Å². The van der Waals surface area contributed by atoms with Crippen molar-refractivity contribution in [2.24, 2.45) is 0 Å². The number of nitrogens with zero attached hydrogens (tertiary/aromatic N) is 1. The molecule has 0 saturated heterocycles. The summed E-state index contributed by atoms with van der Waals surface area (Å²) < 4.78 is 5.68. The van der Waals surface area contributed by atoms with Gasteiger partial charge in [0.15, 0.2) is 0 Å². The van der Waals surface area contributed by atoms with Crippen LogP contribution in [-0.4, -0.2) is 35.4 Å². The van der Waals surface area contributed by atoms with Crippen LogP contribution in [0.2, 0.25) is 5.02 Å². The summed E-state index contributed by atoms with van der Waals surface area (Å²) in [7, 11) is 0. The van der Waals surface area contributed by atoms with Gasteiger partial charge in [0.1, 0.15) is 11.8 Å². The van der Waals surface area contributed by atoms with Crippen molar-refractivity contribution in [3.63, 3.8) is 0 Å². The summed E-state index contributed by atoms with van der Waals surface area (Å²) in [4.78, 5) is 27.3. The van der Waals surface area contributed by atoms with E-state index in [9.17, 15) is 9.59 Å². The molecule has 0 aliphatic rings. The largest absolute Gasteiger partial charge is 0.494 e. The third-order valence-corrected chi connectivity index (χ3v) is 5.07. The Hall–Kier alpha value is -2.53. The number of halogens is 1. The molecule has 0 saturated carbocycles. The highest BCUT2D eigenvalue weighted by Gasteiger charge is 2.26. The molecule has 2 rings (SSSR count). The van der Waals surface area contributed by atoms with E-state index in [1.54, 1.807) is 36.1 Å². The number of hydrogen-bond acceptors (Lipinski definition) is 3. The van der Waals surface area contributed by atoms with E-state index in [4.69, 9.17) is 16.3 Å². The second-order valence-electron chi connectivity index (χ2n) is 7.69. The van der Waals surface area contributed by atoms with Gasteiger partial charge < -0.3 is 15.0 Å². The molecule has 0 spiro atoms. The Morgan fingerprint density at radius 2 is 1.73 bits per heavy atom. The number of aryl methyl sites for hydroxylation is 1. The SMILES string of the molecule is Cc1ccccc1CN(C(=O)CCCOc1ccc(Cl)cc1)[C@H](C)C(=O)NC(C)C. The molecule has 2 aromatic rings. The second-order valence-corrected chi connectivity index (χ2v) is 8.13. The standard InChI is InChI=1S/C24H31ClN2O3/c1-17(2)26-24(29)19(4)27(16-20-9-6-5-8-18(20)3)23(28)10-7-15-30-22-13-11-21(25)12-14-22/h5-6,8-9,11-14,17,19H,7,10,15-16H2,1-4H3,(H,26,29)/t19-/m1/s1. The summed E-state index contributed by atoms with van der Waals surface area (Å²) in [5.74, 6) is 0.502. The zero-order valence-corrected chi connectivity index (χ0v) is 18.9. The van der Waals surface area contributed by atoms with Crippen molar-refractivity contribution >= 4 is 23.4 Å². The molecule has 1 N–H and O–H groups in total. The highest BCUT2D eigenvalue weighted by molar-refractivity contribution is 6.30. The number of hydrogen-bond donors (Lipinski definition) is 1. The van der Waals surface area contributed by atoms with E-state index in [1.165, 1.54) is 0 Å². The van der Waals surface area contributed by atoms with E-state index in [-0.39, 0.29) is 17.9 Å². The molecule has 1 atom stereocenters. The second kappa shape index (κ2) is 11.6. The van der Waals surface area contributed by atoms with E-state index in [1.807, 2.05) is 45.0 Å². The maximum atomic E-state index is 13.0. The molecule has 2 amide bonds. The Kier molecular flexibility index (Phi) is 9.18. The summed E-state index contributed by atoms with van der Waals surface area (Å²) in [5.41, 5.74) is 2.13. The van der Waals surface area contributed by atoms with Gasteiger partial charge in [-0.25, -0.2) is 0 Å². The molecule has 0 aromatic heterocycles. The van der Waals surface area contributed by atoms with Gasteiger partial charge in [-0.2, -0.15) is 0 Å². The lowest BCUT2D eigenvalue weighted by Crippen LogP contribution is -2.49. The average Bonchev–Trinajstić information content (AvgIpc) is 2.70. The van der Waals surface area contributed by atoms with Crippen LogP contribution in [0.25, 0.3) is 0 Å². The minimum absolute atomic E-state index is 0.0168. The monoisotopic (exact) mass is 430 g/mol. The normalized spacial score (nSPS) is 11.8. The number of carbonyl (C=O) groups is 2. The van der Waals surface area contributed by atoms with Crippen LogP contribution in [-0.2, 0) is 16.1 Å². The van der Waals surface area contributed by atoms with Crippen LogP contribution in [0.3, 0.4) is 0 Å². The first kappa shape index (κ1) is 23.7. The van der Waals surface area contributed by atoms with Gasteiger partial charge in [-0.05, 0) is 69.5 Å². The van der Waals surface area contributed by atoms with Gasteiger partial charge in [0.2, 0.25) is 11.8 Å². The quantitative estimate of drug-likeness (QED) is 0.553. The topological polar surface area (TPSA) is 58.6 Å². The summed E-state index contributed by atoms with van der Waals surface area (Å²) in [6.07, 6.45) is 0.864. The Morgan fingerprint density at radius 1 is 1.07 bits per heavy atom. The number of carbonyl (C=O) groups excluding carboxylic acids is 2. The van der Waals surface area contributed by atoms with Crippen LogP contribution < -0.4 is 10.1 Å². The van der Waals surface area contributed by atoms with Crippen LogP contribution in [0, 0.1) is 6.92 Å². The Balaban J connectivity index is 2.00. The summed E-state index contributed by atoms with van der Waals surface area (Å²) in [5, 5.41) is 3.55. The van der Waals surface area contributed by atoms with Crippen LogP contribution in [0.4, 0.5) is 0 Å². The molecule has 162 valence electrons. The number of amides is 2. The third-order valence-electron chi connectivity index (χ3n) is 4.82. The van der Waals surface area contributed by atoms with E-state index < -0.39 is 6.04 Å². The Bertz CT molecular complexity index is 837. The van der Waals surface area contributed by atoms with E-state index in [2.05, 4.69) is 5.32 Å². The molecule has 2 aromatic carbocycles. The van der Waals surface area contributed by atoms with Gasteiger partial charge in [0.25, 0.3) is 0 Å². The summed E-state index contributed by atoms with van der Waals surface area (Å²) in [6, 6.07) is 14.5. The van der Waals surface area contributed by atoms with Crippen LogP contribution in [0.15, 0.2) is 48.5 Å². The number of rotatable bonds is 10.